The number of ether oxygens (including phenoxy) is 1. The van der Waals surface area contributed by atoms with Crippen LogP contribution in [0.1, 0.15) is 50.7 Å². The monoisotopic (exact) mass is 282 g/mol. The Morgan fingerprint density at radius 3 is 2.35 bits per heavy atom. The largest absolute Gasteiger partial charge is 0.481 e. The summed E-state index contributed by atoms with van der Waals surface area (Å²) in [6, 6.07) is 0. The Balaban J connectivity index is 3.34. The van der Waals surface area contributed by atoms with Gasteiger partial charge in [-0.15, -0.1) is 0 Å². The standard InChI is InChI=1S/C14H22N2O4/c1-5-14(6-2,20-7-3)13-15-9(4)10(8-11(17)18)12(19)16-13/h5-8H2,1-4H3,(H,17,18)(H,15,16,19). The number of aromatic nitrogens is 2. The molecule has 0 unspecified atom stereocenters. The molecule has 0 saturated carbocycles. The molecule has 0 amide bonds. The lowest BCUT2D eigenvalue weighted by molar-refractivity contribution is -0.136. The van der Waals surface area contributed by atoms with Crippen LogP contribution in [0, 0.1) is 6.92 Å². The van der Waals surface area contributed by atoms with E-state index in [1.807, 2.05) is 20.8 Å². The van der Waals surface area contributed by atoms with E-state index in [0.717, 1.165) is 0 Å². The van der Waals surface area contributed by atoms with E-state index in [-0.39, 0.29) is 12.0 Å². The smallest absolute Gasteiger partial charge is 0.308 e. The molecule has 0 aromatic carbocycles. The number of hydrogen-bond acceptors (Lipinski definition) is 4. The van der Waals surface area contributed by atoms with Crippen molar-refractivity contribution < 1.29 is 14.6 Å². The van der Waals surface area contributed by atoms with Crippen molar-refractivity contribution >= 4 is 5.97 Å². The molecule has 0 fully saturated rings. The first kappa shape index (κ1) is 16.4. The number of aromatic amines is 1. The third-order valence-corrected chi connectivity index (χ3v) is 3.54. The van der Waals surface area contributed by atoms with Gasteiger partial charge in [-0.2, -0.15) is 0 Å². The minimum Gasteiger partial charge on any atom is -0.481 e. The quantitative estimate of drug-likeness (QED) is 0.795. The van der Waals surface area contributed by atoms with Crippen molar-refractivity contribution in [3.8, 4) is 0 Å². The van der Waals surface area contributed by atoms with Crippen LogP contribution in [0.5, 0.6) is 0 Å². The molecule has 0 saturated heterocycles. The number of aliphatic carboxylic acids is 1. The highest BCUT2D eigenvalue weighted by molar-refractivity contribution is 5.70. The first-order valence-corrected chi connectivity index (χ1v) is 6.86. The number of hydrogen-bond donors (Lipinski definition) is 2. The second kappa shape index (κ2) is 6.65. The van der Waals surface area contributed by atoms with E-state index < -0.39 is 17.1 Å². The predicted molar refractivity (Wildman–Crippen MR) is 74.8 cm³/mol. The van der Waals surface area contributed by atoms with Gasteiger partial charge in [0.05, 0.1) is 6.42 Å². The van der Waals surface area contributed by atoms with E-state index in [0.29, 0.717) is 31.0 Å². The number of H-pyrrole nitrogens is 1. The summed E-state index contributed by atoms with van der Waals surface area (Å²) in [6.07, 6.45) is 1.03. The summed E-state index contributed by atoms with van der Waals surface area (Å²) in [5, 5.41) is 8.82. The third kappa shape index (κ3) is 3.25. The Labute approximate surface area is 118 Å². The lowest BCUT2D eigenvalue weighted by Crippen LogP contribution is -2.34. The first-order chi connectivity index (χ1) is 9.40. The second-order valence-corrected chi connectivity index (χ2v) is 4.68. The van der Waals surface area contributed by atoms with Gasteiger partial charge in [-0.05, 0) is 26.7 Å². The molecule has 1 heterocycles. The summed E-state index contributed by atoms with van der Waals surface area (Å²) in [6.45, 7) is 8.00. The van der Waals surface area contributed by atoms with Gasteiger partial charge in [-0.3, -0.25) is 9.59 Å². The minimum atomic E-state index is -1.05. The van der Waals surface area contributed by atoms with Gasteiger partial charge in [0.2, 0.25) is 0 Å². The molecule has 6 heteroatoms. The maximum atomic E-state index is 12.1. The van der Waals surface area contributed by atoms with Crippen molar-refractivity contribution in [1.82, 2.24) is 9.97 Å². The third-order valence-electron chi connectivity index (χ3n) is 3.54. The van der Waals surface area contributed by atoms with Gasteiger partial charge in [-0.1, -0.05) is 13.8 Å². The lowest BCUT2D eigenvalue weighted by Gasteiger charge is -2.30. The number of carboxylic acid groups (broad SMARTS) is 1. The number of aryl methyl sites for hydroxylation is 1. The van der Waals surface area contributed by atoms with E-state index in [1.54, 1.807) is 6.92 Å². The van der Waals surface area contributed by atoms with Gasteiger partial charge in [0.15, 0.2) is 0 Å². The number of carbonyl (C=O) groups is 1. The van der Waals surface area contributed by atoms with Crippen molar-refractivity contribution in [2.24, 2.45) is 0 Å². The van der Waals surface area contributed by atoms with E-state index in [4.69, 9.17) is 9.84 Å². The molecule has 1 rings (SSSR count). The van der Waals surface area contributed by atoms with Gasteiger partial charge in [-0.25, -0.2) is 4.98 Å². The maximum absolute atomic E-state index is 12.1. The van der Waals surface area contributed by atoms with Crippen LogP contribution < -0.4 is 5.56 Å². The van der Waals surface area contributed by atoms with E-state index >= 15 is 0 Å². The maximum Gasteiger partial charge on any atom is 0.308 e. The van der Waals surface area contributed by atoms with Crippen LogP contribution in [-0.2, 0) is 21.6 Å². The molecule has 20 heavy (non-hydrogen) atoms. The summed E-state index contributed by atoms with van der Waals surface area (Å²) < 4.78 is 5.80. The molecule has 0 bridgehead atoms. The highest BCUT2D eigenvalue weighted by Crippen LogP contribution is 2.30. The Morgan fingerprint density at radius 1 is 1.35 bits per heavy atom. The molecule has 0 radical (unpaired) electrons. The van der Waals surface area contributed by atoms with Crippen molar-refractivity contribution in [3.05, 3.63) is 27.4 Å². The number of rotatable bonds is 7. The zero-order valence-electron chi connectivity index (χ0n) is 12.4. The summed E-state index contributed by atoms with van der Waals surface area (Å²) >= 11 is 0. The molecular weight excluding hydrogens is 260 g/mol. The molecule has 0 aliphatic heterocycles. The van der Waals surface area contributed by atoms with Gasteiger partial charge >= 0.3 is 5.97 Å². The van der Waals surface area contributed by atoms with Gasteiger partial charge in [0, 0.05) is 17.9 Å². The number of carboxylic acids is 1. The minimum absolute atomic E-state index is 0.193. The molecule has 6 nitrogen and oxygen atoms in total. The topological polar surface area (TPSA) is 92.3 Å². The molecule has 0 aliphatic carbocycles. The highest BCUT2D eigenvalue weighted by Gasteiger charge is 2.32. The average molecular weight is 282 g/mol. The fourth-order valence-electron chi connectivity index (χ4n) is 2.32. The van der Waals surface area contributed by atoms with Crippen LogP contribution >= 0.6 is 0 Å². The first-order valence-electron chi connectivity index (χ1n) is 6.86. The second-order valence-electron chi connectivity index (χ2n) is 4.68. The molecule has 2 N–H and O–H groups in total. The Kier molecular flexibility index (Phi) is 5.44. The zero-order chi connectivity index (χ0) is 15.3. The van der Waals surface area contributed by atoms with Crippen LogP contribution in [0.15, 0.2) is 4.79 Å². The van der Waals surface area contributed by atoms with Gasteiger partial charge in [0.25, 0.3) is 5.56 Å². The molecule has 0 spiro atoms. The van der Waals surface area contributed by atoms with Crippen LogP contribution in [0.25, 0.3) is 0 Å². The van der Waals surface area contributed by atoms with E-state index in [9.17, 15) is 9.59 Å². The van der Waals surface area contributed by atoms with Crippen molar-refractivity contribution in [2.45, 2.75) is 52.6 Å². The summed E-state index contributed by atoms with van der Waals surface area (Å²) in [5.74, 6) is -0.573. The van der Waals surface area contributed by atoms with Crippen LogP contribution in [0.2, 0.25) is 0 Å². The fourth-order valence-corrected chi connectivity index (χ4v) is 2.32. The number of nitrogens with one attached hydrogen (secondary N) is 1. The number of nitrogens with zero attached hydrogens (tertiary/aromatic N) is 1. The fraction of sp³-hybridized carbons (Fsp3) is 0.643. The molecular formula is C14H22N2O4. The molecule has 1 aromatic heterocycles. The average Bonchev–Trinajstić information content (AvgIpc) is 2.40. The van der Waals surface area contributed by atoms with Crippen LogP contribution in [0.3, 0.4) is 0 Å². The van der Waals surface area contributed by atoms with Gasteiger partial charge in [0.1, 0.15) is 11.4 Å². The Morgan fingerprint density at radius 2 is 1.95 bits per heavy atom. The van der Waals surface area contributed by atoms with Crippen LogP contribution in [0.4, 0.5) is 0 Å². The van der Waals surface area contributed by atoms with Crippen LogP contribution in [-0.4, -0.2) is 27.7 Å². The molecule has 0 aliphatic rings. The summed E-state index contributed by atoms with van der Waals surface area (Å²) in [4.78, 5) is 29.9. The van der Waals surface area contributed by atoms with Crippen molar-refractivity contribution in [1.29, 1.82) is 0 Å². The van der Waals surface area contributed by atoms with E-state index in [2.05, 4.69) is 9.97 Å². The van der Waals surface area contributed by atoms with Crippen molar-refractivity contribution in [2.75, 3.05) is 6.61 Å². The van der Waals surface area contributed by atoms with Crippen molar-refractivity contribution in [3.63, 3.8) is 0 Å². The molecule has 1 aromatic rings. The SMILES string of the molecule is CCOC(CC)(CC)c1nc(C)c(CC(=O)O)c(=O)[nH]1. The molecule has 0 atom stereocenters. The Bertz CT molecular complexity index is 532. The summed E-state index contributed by atoms with van der Waals surface area (Å²) in [7, 11) is 0. The highest BCUT2D eigenvalue weighted by atomic mass is 16.5. The predicted octanol–water partition coefficient (Wildman–Crippen LogP) is 1.76. The summed E-state index contributed by atoms with van der Waals surface area (Å²) in [5.41, 5.74) is -0.391. The normalized spacial score (nSPS) is 11.6. The Hall–Kier alpha value is -1.69. The lowest BCUT2D eigenvalue weighted by atomic mass is 9.95. The van der Waals surface area contributed by atoms with E-state index in [1.165, 1.54) is 0 Å². The zero-order valence-corrected chi connectivity index (χ0v) is 12.4. The molecule has 112 valence electrons. The van der Waals surface area contributed by atoms with Gasteiger partial charge < -0.3 is 14.8 Å².